The summed E-state index contributed by atoms with van der Waals surface area (Å²) in [6.45, 7) is 0. The molecular formula is C19H12ClN5. The molecule has 5 aromatic rings. The van der Waals surface area contributed by atoms with Crippen LogP contribution in [0.3, 0.4) is 0 Å². The quantitative estimate of drug-likeness (QED) is 0.469. The highest BCUT2D eigenvalue weighted by Gasteiger charge is 2.13. The molecule has 25 heavy (non-hydrogen) atoms. The largest absolute Gasteiger partial charge is 0.353 e. The Morgan fingerprint density at radius 2 is 1.60 bits per heavy atom. The molecule has 4 heterocycles. The number of fused-ring (bicyclic) bond motifs is 5. The Labute approximate surface area is 147 Å². The summed E-state index contributed by atoms with van der Waals surface area (Å²) >= 11 is 5.98. The molecule has 0 atom stereocenters. The van der Waals surface area contributed by atoms with Crippen molar-refractivity contribution in [3.63, 3.8) is 0 Å². The second-order valence-electron chi connectivity index (χ2n) is 5.78. The molecule has 0 unspecified atom stereocenters. The summed E-state index contributed by atoms with van der Waals surface area (Å²) in [7, 11) is 0. The van der Waals surface area contributed by atoms with Crippen molar-refractivity contribution in [3.8, 4) is 0 Å². The molecule has 0 amide bonds. The van der Waals surface area contributed by atoms with Gasteiger partial charge in [0.05, 0.1) is 11.0 Å². The van der Waals surface area contributed by atoms with Crippen LogP contribution in [-0.2, 0) is 0 Å². The van der Waals surface area contributed by atoms with Gasteiger partial charge >= 0.3 is 0 Å². The van der Waals surface area contributed by atoms with Crippen LogP contribution >= 0.6 is 11.6 Å². The second-order valence-corrected chi connectivity index (χ2v) is 6.22. The number of anilines is 2. The van der Waals surface area contributed by atoms with Crippen molar-refractivity contribution >= 4 is 55.8 Å². The van der Waals surface area contributed by atoms with Crippen LogP contribution in [0.15, 0.2) is 61.2 Å². The lowest BCUT2D eigenvalue weighted by atomic mass is 10.1. The van der Waals surface area contributed by atoms with E-state index in [0.29, 0.717) is 5.02 Å². The number of aromatic nitrogens is 4. The van der Waals surface area contributed by atoms with Crippen LogP contribution in [-0.4, -0.2) is 19.9 Å². The Hall–Kier alpha value is -3.18. The molecule has 0 aliphatic heterocycles. The molecule has 0 aliphatic carbocycles. The van der Waals surface area contributed by atoms with Crippen molar-refractivity contribution in [1.29, 1.82) is 0 Å². The maximum atomic E-state index is 5.98. The zero-order valence-electron chi connectivity index (χ0n) is 13.0. The van der Waals surface area contributed by atoms with Crippen LogP contribution in [0.1, 0.15) is 0 Å². The monoisotopic (exact) mass is 345 g/mol. The SMILES string of the molecule is Clc1ccc(Nc2nc3c4cnccc4[nH]c3c3cnccc23)cc1. The van der Waals surface area contributed by atoms with Gasteiger partial charge in [0, 0.05) is 51.7 Å². The number of nitrogens with one attached hydrogen (secondary N) is 2. The summed E-state index contributed by atoms with van der Waals surface area (Å²) in [5.41, 5.74) is 3.77. The van der Waals surface area contributed by atoms with E-state index in [2.05, 4.69) is 20.3 Å². The normalized spacial score (nSPS) is 11.4. The molecule has 0 fully saturated rings. The molecule has 5 rings (SSSR count). The molecule has 0 spiro atoms. The summed E-state index contributed by atoms with van der Waals surface area (Å²) in [4.78, 5) is 16.8. The molecule has 6 heteroatoms. The molecule has 2 N–H and O–H groups in total. The molecule has 4 aromatic heterocycles. The molecule has 0 bridgehead atoms. The Bertz CT molecular complexity index is 1230. The maximum Gasteiger partial charge on any atom is 0.139 e. The minimum absolute atomic E-state index is 0.700. The summed E-state index contributed by atoms with van der Waals surface area (Å²) in [5, 5.41) is 7.09. The topological polar surface area (TPSA) is 66.5 Å². The lowest BCUT2D eigenvalue weighted by Gasteiger charge is -2.10. The number of hydrogen-bond donors (Lipinski definition) is 2. The van der Waals surface area contributed by atoms with Gasteiger partial charge in [-0.3, -0.25) is 9.97 Å². The Morgan fingerprint density at radius 1 is 0.840 bits per heavy atom. The molecular weight excluding hydrogens is 334 g/mol. The Morgan fingerprint density at radius 3 is 2.44 bits per heavy atom. The van der Waals surface area contributed by atoms with Gasteiger partial charge in [-0.05, 0) is 36.4 Å². The molecule has 0 saturated heterocycles. The average molecular weight is 346 g/mol. The smallest absolute Gasteiger partial charge is 0.139 e. The van der Waals surface area contributed by atoms with E-state index in [-0.39, 0.29) is 0 Å². The predicted molar refractivity (Wildman–Crippen MR) is 101 cm³/mol. The van der Waals surface area contributed by atoms with Crippen molar-refractivity contribution in [2.75, 3.05) is 5.32 Å². The van der Waals surface area contributed by atoms with Crippen molar-refractivity contribution in [2.24, 2.45) is 0 Å². The fraction of sp³-hybridized carbons (Fsp3) is 0. The minimum Gasteiger partial charge on any atom is -0.353 e. The van der Waals surface area contributed by atoms with Crippen molar-refractivity contribution in [2.45, 2.75) is 0 Å². The molecule has 0 radical (unpaired) electrons. The van der Waals surface area contributed by atoms with Gasteiger partial charge in [-0.2, -0.15) is 0 Å². The zero-order chi connectivity index (χ0) is 16.8. The maximum absolute atomic E-state index is 5.98. The standard InChI is InChI=1S/C19H12ClN5/c20-11-1-3-12(4-2-11)23-19-13-5-7-21-9-14(13)17-18(25-19)15-10-22-8-6-16(15)24-17/h1-10,24H,(H,23,25). The van der Waals surface area contributed by atoms with Crippen LogP contribution in [0, 0.1) is 0 Å². The number of hydrogen-bond acceptors (Lipinski definition) is 4. The highest BCUT2D eigenvalue weighted by molar-refractivity contribution is 6.30. The summed E-state index contributed by atoms with van der Waals surface area (Å²) in [6, 6.07) is 11.5. The van der Waals surface area contributed by atoms with Crippen LogP contribution in [0.25, 0.3) is 32.7 Å². The van der Waals surface area contributed by atoms with E-state index in [1.807, 2.05) is 48.8 Å². The molecule has 1 aromatic carbocycles. The van der Waals surface area contributed by atoms with Gasteiger partial charge in [-0.25, -0.2) is 4.98 Å². The summed E-state index contributed by atoms with van der Waals surface area (Å²) < 4.78 is 0. The fourth-order valence-electron chi connectivity index (χ4n) is 3.07. The second kappa shape index (κ2) is 5.43. The van der Waals surface area contributed by atoms with Crippen LogP contribution < -0.4 is 5.32 Å². The molecule has 0 aliphatic rings. The molecule has 120 valence electrons. The first-order valence-corrected chi connectivity index (χ1v) is 8.19. The summed E-state index contributed by atoms with van der Waals surface area (Å²) in [5.74, 6) is 0.775. The van der Waals surface area contributed by atoms with Crippen molar-refractivity contribution < 1.29 is 0 Å². The Balaban J connectivity index is 1.81. The van der Waals surface area contributed by atoms with Gasteiger partial charge in [-0.15, -0.1) is 0 Å². The molecule has 0 saturated carbocycles. The van der Waals surface area contributed by atoms with E-state index in [4.69, 9.17) is 16.6 Å². The highest BCUT2D eigenvalue weighted by atomic mass is 35.5. The predicted octanol–water partition coefficient (Wildman–Crippen LogP) is 5.06. The number of pyridine rings is 3. The first-order chi connectivity index (χ1) is 12.3. The lowest BCUT2D eigenvalue weighted by molar-refractivity contribution is 1.34. The fourth-order valence-corrected chi connectivity index (χ4v) is 3.20. The number of rotatable bonds is 2. The van der Waals surface area contributed by atoms with Crippen molar-refractivity contribution in [1.82, 2.24) is 19.9 Å². The van der Waals surface area contributed by atoms with Crippen LogP contribution in [0.2, 0.25) is 5.02 Å². The first kappa shape index (κ1) is 14.2. The van der Waals surface area contributed by atoms with E-state index < -0.39 is 0 Å². The highest BCUT2D eigenvalue weighted by Crippen LogP contribution is 2.33. The average Bonchev–Trinajstić information content (AvgIpc) is 3.03. The minimum atomic E-state index is 0.700. The third-order valence-electron chi connectivity index (χ3n) is 4.25. The third kappa shape index (κ3) is 2.28. The lowest BCUT2D eigenvalue weighted by Crippen LogP contribution is -1.96. The number of H-pyrrole nitrogens is 1. The number of benzene rings is 1. The molecule has 5 nitrogen and oxygen atoms in total. The van der Waals surface area contributed by atoms with Gasteiger partial charge < -0.3 is 10.3 Å². The van der Waals surface area contributed by atoms with E-state index in [0.717, 1.165) is 44.2 Å². The third-order valence-corrected chi connectivity index (χ3v) is 4.50. The van der Waals surface area contributed by atoms with Gasteiger partial charge in [-0.1, -0.05) is 11.6 Å². The van der Waals surface area contributed by atoms with Gasteiger partial charge in [0.1, 0.15) is 11.3 Å². The van der Waals surface area contributed by atoms with E-state index in [1.165, 1.54) is 0 Å². The van der Waals surface area contributed by atoms with Gasteiger partial charge in [0.2, 0.25) is 0 Å². The number of halogens is 1. The van der Waals surface area contributed by atoms with Crippen molar-refractivity contribution in [3.05, 3.63) is 66.2 Å². The van der Waals surface area contributed by atoms with Gasteiger partial charge in [0.25, 0.3) is 0 Å². The van der Waals surface area contributed by atoms with Crippen LogP contribution in [0.4, 0.5) is 11.5 Å². The number of aromatic amines is 1. The van der Waals surface area contributed by atoms with E-state index in [1.54, 1.807) is 12.4 Å². The van der Waals surface area contributed by atoms with Gasteiger partial charge in [0.15, 0.2) is 0 Å². The zero-order valence-corrected chi connectivity index (χ0v) is 13.7. The summed E-state index contributed by atoms with van der Waals surface area (Å²) in [6.07, 6.45) is 7.22. The van der Waals surface area contributed by atoms with Crippen LogP contribution in [0.5, 0.6) is 0 Å². The van der Waals surface area contributed by atoms with E-state index >= 15 is 0 Å². The Kier molecular flexibility index (Phi) is 3.08. The van der Waals surface area contributed by atoms with E-state index in [9.17, 15) is 0 Å². The first-order valence-electron chi connectivity index (χ1n) is 7.81. The number of nitrogens with zero attached hydrogens (tertiary/aromatic N) is 3.